The smallest absolute Gasteiger partial charge is 0.230 e. The summed E-state index contributed by atoms with van der Waals surface area (Å²) >= 11 is 2.70. The molecule has 19 heavy (non-hydrogen) atoms. The number of hydrogen-bond acceptors (Lipinski definition) is 5. The molecule has 6 heteroatoms. The molecule has 0 spiro atoms. The van der Waals surface area contributed by atoms with E-state index in [1.54, 1.807) is 6.08 Å². The van der Waals surface area contributed by atoms with Crippen molar-refractivity contribution < 1.29 is 4.79 Å². The third-order valence-electron chi connectivity index (χ3n) is 2.21. The topological polar surface area (TPSA) is 54.9 Å². The first-order chi connectivity index (χ1) is 9.29. The van der Waals surface area contributed by atoms with Crippen LogP contribution in [-0.2, 0) is 4.79 Å². The molecular formula is C13H13N3OS2. The quantitative estimate of drug-likeness (QED) is 0.656. The van der Waals surface area contributed by atoms with Crippen LogP contribution in [0.2, 0.25) is 0 Å². The summed E-state index contributed by atoms with van der Waals surface area (Å²) in [4.78, 5) is 15.8. The summed E-state index contributed by atoms with van der Waals surface area (Å²) in [5, 5.41) is 2.72. The van der Waals surface area contributed by atoms with Gasteiger partial charge in [-0.15, -0.1) is 6.58 Å². The molecule has 1 heterocycles. The number of aromatic nitrogens is 2. The van der Waals surface area contributed by atoms with Crippen molar-refractivity contribution in [2.45, 2.75) is 4.34 Å². The fourth-order valence-corrected chi connectivity index (χ4v) is 2.78. The molecule has 0 saturated carbocycles. The molecule has 4 nitrogen and oxygen atoms in total. The fraction of sp³-hybridized carbons (Fsp3) is 0.154. The Morgan fingerprint density at radius 3 is 2.95 bits per heavy atom. The maximum atomic E-state index is 11.4. The van der Waals surface area contributed by atoms with Crippen molar-refractivity contribution >= 4 is 29.2 Å². The molecule has 2 aromatic rings. The van der Waals surface area contributed by atoms with Crippen LogP contribution in [0.1, 0.15) is 0 Å². The van der Waals surface area contributed by atoms with Crippen LogP contribution < -0.4 is 5.32 Å². The van der Waals surface area contributed by atoms with Crippen molar-refractivity contribution in [3.8, 4) is 11.4 Å². The number of benzene rings is 1. The van der Waals surface area contributed by atoms with Crippen molar-refractivity contribution in [2.75, 3.05) is 12.3 Å². The van der Waals surface area contributed by atoms with Gasteiger partial charge in [-0.05, 0) is 11.5 Å². The van der Waals surface area contributed by atoms with Gasteiger partial charge in [-0.3, -0.25) is 4.79 Å². The van der Waals surface area contributed by atoms with Crippen LogP contribution in [-0.4, -0.2) is 27.6 Å². The van der Waals surface area contributed by atoms with E-state index in [0.717, 1.165) is 9.90 Å². The Hall–Kier alpha value is -1.66. The lowest BCUT2D eigenvalue weighted by Gasteiger charge is -1.99. The highest BCUT2D eigenvalue weighted by atomic mass is 32.2. The van der Waals surface area contributed by atoms with Crippen LogP contribution in [0.3, 0.4) is 0 Å². The van der Waals surface area contributed by atoms with Gasteiger partial charge in [-0.2, -0.15) is 4.37 Å². The number of thioether (sulfide) groups is 1. The molecule has 0 radical (unpaired) electrons. The summed E-state index contributed by atoms with van der Waals surface area (Å²) in [5.74, 6) is 1.03. The minimum atomic E-state index is -0.0265. The van der Waals surface area contributed by atoms with Crippen LogP contribution in [0, 0.1) is 0 Å². The molecule has 0 aliphatic rings. The Morgan fingerprint density at radius 2 is 2.21 bits per heavy atom. The van der Waals surface area contributed by atoms with E-state index in [9.17, 15) is 4.79 Å². The van der Waals surface area contributed by atoms with Crippen LogP contribution in [0.5, 0.6) is 0 Å². The second-order valence-electron chi connectivity index (χ2n) is 3.63. The number of carbonyl (C=O) groups excluding carboxylic acids is 1. The second kappa shape index (κ2) is 7.06. The SMILES string of the molecule is C=CCNC(=O)CSc1nc(-c2ccccc2)ns1. The maximum absolute atomic E-state index is 11.4. The molecular weight excluding hydrogens is 278 g/mol. The average Bonchev–Trinajstić information content (AvgIpc) is 2.93. The van der Waals surface area contributed by atoms with Crippen LogP contribution in [0.25, 0.3) is 11.4 Å². The first-order valence-electron chi connectivity index (χ1n) is 5.69. The first kappa shape index (κ1) is 13.8. The number of carbonyl (C=O) groups is 1. The van der Waals surface area contributed by atoms with E-state index in [0.29, 0.717) is 18.1 Å². The zero-order valence-electron chi connectivity index (χ0n) is 10.2. The van der Waals surface area contributed by atoms with Gasteiger partial charge in [0.1, 0.15) is 0 Å². The lowest BCUT2D eigenvalue weighted by Crippen LogP contribution is -2.24. The molecule has 1 aromatic carbocycles. The van der Waals surface area contributed by atoms with Crippen molar-refractivity contribution in [1.82, 2.24) is 14.7 Å². The third kappa shape index (κ3) is 4.18. The summed E-state index contributed by atoms with van der Waals surface area (Å²) in [6.45, 7) is 4.04. The standard InChI is InChI=1S/C13H13N3OS2/c1-2-8-14-11(17)9-18-13-15-12(16-19-13)10-6-4-3-5-7-10/h2-7H,1,8-9H2,(H,14,17). The van der Waals surface area contributed by atoms with E-state index in [2.05, 4.69) is 21.3 Å². The molecule has 1 aromatic heterocycles. The maximum Gasteiger partial charge on any atom is 0.230 e. The van der Waals surface area contributed by atoms with Gasteiger partial charge in [0.2, 0.25) is 5.91 Å². The summed E-state index contributed by atoms with van der Waals surface area (Å²) in [6, 6.07) is 9.79. The summed E-state index contributed by atoms with van der Waals surface area (Å²) < 4.78 is 5.09. The van der Waals surface area contributed by atoms with Gasteiger partial charge in [0.25, 0.3) is 0 Å². The Kier molecular flexibility index (Phi) is 5.11. The minimum absolute atomic E-state index is 0.0265. The van der Waals surface area contributed by atoms with Gasteiger partial charge in [-0.1, -0.05) is 48.2 Å². The molecule has 2 rings (SSSR count). The summed E-state index contributed by atoms with van der Waals surface area (Å²) in [6.07, 6.45) is 1.65. The molecule has 1 amide bonds. The molecule has 98 valence electrons. The zero-order valence-corrected chi connectivity index (χ0v) is 11.8. The van der Waals surface area contributed by atoms with E-state index in [-0.39, 0.29) is 5.91 Å². The van der Waals surface area contributed by atoms with Crippen molar-refractivity contribution in [3.63, 3.8) is 0 Å². The number of hydrogen-bond donors (Lipinski definition) is 1. The number of amides is 1. The summed E-state index contributed by atoms with van der Waals surface area (Å²) in [7, 11) is 0. The van der Waals surface area contributed by atoms with Gasteiger partial charge in [0, 0.05) is 12.1 Å². The van der Waals surface area contributed by atoms with Crippen molar-refractivity contribution in [1.29, 1.82) is 0 Å². The van der Waals surface area contributed by atoms with Crippen LogP contribution >= 0.6 is 23.3 Å². The van der Waals surface area contributed by atoms with Crippen molar-refractivity contribution in [3.05, 3.63) is 43.0 Å². The van der Waals surface area contributed by atoms with E-state index in [1.807, 2.05) is 30.3 Å². The van der Waals surface area contributed by atoms with E-state index in [4.69, 9.17) is 0 Å². The fourth-order valence-electron chi connectivity index (χ4n) is 1.34. The number of nitrogens with zero attached hydrogens (tertiary/aromatic N) is 2. The predicted molar refractivity (Wildman–Crippen MR) is 79.3 cm³/mol. The zero-order chi connectivity index (χ0) is 13.5. The molecule has 1 N–H and O–H groups in total. The Bertz CT molecular complexity index is 554. The lowest BCUT2D eigenvalue weighted by molar-refractivity contribution is -0.118. The van der Waals surface area contributed by atoms with Gasteiger partial charge in [0.05, 0.1) is 5.75 Å². The minimum Gasteiger partial charge on any atom is -0.352 e. The molecule has 0 aliphatic carbocycles. The number of rotatable bonds is 6. The predicted octanol–water partition coefficient (Wildman–Crippen LogP) is 2.60. The van der Waals surface area contributed by atoms with Gasteiger partial charge < -0.3 is 5.32 Å². The molecule has 0 aliphatic heterocycles. The van der Waals surface area contributed by atoms with Gasteiger partial charge in [-0.25, -0.2) is 4.98 Å². The Labute approximate surface area is 120 Å². The largest absolute Gasteiger partial charge is 0.352 e. The molecule has 0 unspecified atom stereocenters. The van der Waals surface area contributed by atoms with Gasteiger partial charge in [0.15, 0.2) is 10.2 Å². The molecule has 0 saturated heterocycles. The normalized spacial score (nSPS) is 10.1. The van der Waals surface area contributed by atoms with Gasteiger partial charge >= 0.3 is 0 Å². The van der Waals surface area contributed by atoms with Crippen molar-refractivity contribution in [2.24, 2.45) is 0 Å². The Morgan fingerprint density at radius 1 is 1.42 bits per heavy atom. The average molecular weight is 291 g/mol. The highest BCUT2D eigenvalue weighted by Gasteiger charge is 2.08. The summed E-state index contributed by atoms with van der Waals surface area (Å²) in [5.41, 5.74) is 0.988. The van der Waals surface area contributed by atoms with E-state index in [1.165, 1.54) is 23.3 Å². The van der Waals surface area contributed by atoms with E-state index < -0.39 is 0 Å². The first-order valence-corrected chi connectivity index (χ1v) is 7.45. The van der Waals surface area contributed by atoms with Crippen LogP contribution in [0.4, 0.5) is 0 Å². The molecule has 0 bridgehead atoms. The Balaban J connectivity index is 1.91. The number of nitrogens with one attached hydrogen (secondary N) is 1. The highest BCUT2D eigenvalue weighted by molar-refractivity contribution is 8.01. The molecule has 0 fully saturated rings. The lowest BCUT2D eigenvalue weighted by atomic mass is 10.2. The van der Waals surface area contributed by atoms with Crippen LogP contribution in [0.15, 0.2) is 47.3 Å². The second-order valence-corrected chi connectivity index (χ2v) is 5.61. The molecule has 0 atom stereocenters. The highest BCUT2D eigenvalue weighted by Crippen LogP contribution is 2.24. The third-order valence-corrected chi connectivity index (χ3v) is 4.04. The monoisotopic (exact) mass is 291 g/mol. The van der Waals surface area contributed by atoms with E-state index >= 15 is 0 Å².